The Labute approximate surface area is 114 Å². The molecule has 19 heavy (non-hydrogen) atoms. The minimum absolute atomic E-state index is 0.0589. The highest BCUT2D eigenvalue weighted by Crippen LogP contribution is 2.21. The lowest BCUT2D eigenvalue weighted by Crippen LogP contribution is -2.45. The Hall–Kier alpha value is -1.84. The fourth-order valence-corrected chi connectivity index (χ4v) is 2.44. The highest BCUT2D eigenvalue weighted by Gasteiger charge is 2.30. The van der Waals surface area contributed by atoms with Crippen LogP contribution >= 0.6 is 0 Å². The smallest absolute Gasteiger partial charge is 0.226 e. The van der Waals surface area contributed by atoms with Crippen LogP contribution in [0.1, 0.15) is 18.4 Å². The summed E-state index contributed by atoms with van der Waals surface area (Å²) in [7, 11) is 3.53. The van der Waals surface area contributed by atoms with Crippen molar-refractivity contribution in [3.05, 3.63) is 35.9 Å². The molecule has 1 aliphatic heterocycles. The summed E-state index contributed by atoms with van der Waals surface area (Å²) in [5.74, 6) is 0.202. The van der Waals surface area contributed by atoms with E-state index >= 15 is 0 Å². The lowest BCUT2D eigenvalue weighted by molar-refractivity contribution is -0.142. The molecule has 1 heterocycles. The first-order chi connectivity index (χ1) is 9.08. The lowest BCUT2D eigenvalue weighted by atomic mass is 9.96. The molecular weight excluding hydrogens is 240 g/mol. The van der Waals surface area contributed by atoms with Gasteiger partial charge in [0.25, 0.3) is 0 Å². The topological polar surface area (TPSA) is 40.6 Å². The molecule has 1 atom stereocenters. The first kappa shape index (κ1) is 13.6. The van der Waals surface area contributed by atoms with E-state index in [0.717, 1.165) is 5.56 Å². The van der Waals surface area contributed by atoms with E-state index < -0.39 is 0 Å². The summed E-state index contributed by atoms with van der Waals surface area (Å²) in [5, 5.41) is 0. The van der Waals surface area contributed by atoms with Crippen LogP contribution in [0.25, 0.3) is 0 Å². The number of carbonyl (C=O) groups is 2. The van der Waals surface area contributed by atoms with Crippen LogP contribution in [0, 0.1) is 5.92 Å². The second-order valence-electron chi connectivity index (χ2n) is 5.23. The van der Waals surface area contributed by atoms with Crippen LogP contribution < -0.4 is 0 Å². The van der Waals surface area contributed by atoms with E-state index in [-0.39, 0.29) is 17.7 Å². The molecule has 0 spiro atoms. The van der Waals surface area contributed by atoms with Gasteiger partial charge in [-0.1, -0.05) is 30.3 Å². The summed E-state index contributed by atoms with van der Waals surface area (Å²) >= 11 is 0. The number of benzene rings is 1. The third-order valence-electron chi connectivity index (χ3n) is 3.51. The maximum Gasteiger partial charge on any atom is 0.226 e. The molecule has 1 aliphatic rings. The normalized spacial score (nSPS) is 19.4. The molecule has 1 unspecified atom stereocenters. The van der Waals surface area contributed by atoms with Crippen molar-refractivity contribution in [2.45, 2.75) is 19.4 Å². The minimum atomic E-state index is -0.0589. The Morgan fingerprint density at radius 3 is 2.63 bits per heavy atom. The van der Waals surface area contributed by atoms with E-state index in [1.54, 1.807) is 23.9 Å². The van der Waals surface area contributed by atoms with Crippen molar-refractivity contribution in [1.29, 1.82) is 0 Å². The van der Waals surface area contributed by atoms with Crippen LogP contribution in [0.4, 0.5) is 0 Å². The second kappa shape index (κ2) is 5.87. The highest BCUT2D eigenvalue weighted by molar-refractivity contribution is 5.83. The zero-order valence-electron chi connectivity index (χ0n) is 11.5. The molecule has 0 saturated carbocycles. The summed E-state index contributed by atoms with van der Waals surface area (Å²) < 4.78 is 0. The van der Waals surface area contributed by atoms with Gasteiger partial charge in [-0.05, 0) is 12.0 Å². The average Bonchev–Trinajstić information content (AvgIpc) is 2.41. The molecule has 0 N–H and O–H groups in total. The zero-order valence-corrected chi connectivity index (χ0v) is 11.5. The van der Waals surface area contributed by atoms with Gasteiger partial charge in [0.1, 0.15) is 0 Å². The minimum Gasteiger partial charge on any atom is -0.349 e. The van der Waals surface area contributed by atoms with Gasteiger partial charge in [0.15, 0.2) is 0 Å². The third kappa shape index (κ3) is 3.34. The second-order valence-corrected chi connectivity index (χ2v) is 5.23. The Balaban J connectivity index is 2.03. The number of hydrogen-bond donors (Lipinski definition) is 0. The first-order valence-electron chi connectivity index (χ1n) is 6.61. The summed E-state index contributed by atoms with van der Waals surface area (Å²) in [4.78, 5) is 27.3. The number of nitrogens with zero attached hydrogens (tertiary/aromatic N) is 2. The monoisotopic (exact) mass is 260 g/mol. The number of likely N-dealkylation sites (tertiary alicyclic amines) is 1. The fourth-order valence-electron chi connectivity index (χ4n) is 2.44. The van der Waals surface area contributed by atoms with Crippen molar-refractivity contribution in [3.63, 3.8) is 0 Å². The van der Waals surface area contributed by atoms with E-state index in [0.29, 0.717) is 25.9 Å². The van der Waals surface area contributed by atoms with E-state index in [4.69, 9.17) is 0 Å². The van der Waals surface area contributed by atoms with Gasteiger partial charge in [-0.2, -0.15) is 0 Å². The van der Waals surface area contributed by atoms with Crippen LogP contribution in [0.15, 0.2) is 30.3 Å². The van der Waals surface area contributed by atoms with Crippen molar-refractivity contribution in [2.24, 2.45) is 5.92 Å². The van der Waals surface area contributed by atoms with Crippen molar-refractivity contribution in [2.75, 3.05) is 20.6 Å². The fraction of sp³-hybridized carbons (Fsp3) is 0.467. The van der Waals surface area contributed by atoms with Gasteiger partial charge in [-0.15, -0.1) is 0 Å². The van der Waals surface area contributed by atoms with Crippen LogP contribution in [-0.4, -0.2) is 42.3 Å². The van der Waals surface area contributed by atoms with Gasteiger partial charge in [0, 0.05) is 33.6 Å². The number of hydrogen-bond acceptors (Lipinski definition) is 2. The zero-order chi connectivity index (χ0) is 13.8. The molecule has 0 aliphatic carbocycles. The first-order valence-corrected chi connectivity index (χ1v) is 6.61. The van der Waals surface area contributed by atoms with Gasteiger partial charge in [0.2, 0.25) is 11.8 Å². The highest BCUT2D eigenvalue weighted by atomic mass is 16.2. The third-order valence-corrected chi connectivity index (χ3v) is 3.51. The maximum absolute atomic E-state index is 12.0. The predicted octanol–water partition coefficient (Wildman–Crippen LogP) is 1.51. The molecule has 4 nitrogen and oxygen atoms in total. The van der Waals surface area contributed by atoms with E-state index in [9.17, 15) is 9.59 Å². The molecule has 1 aromatic carbocycles. The number of carbonyl (C=O) groups excluding carboxylic acids is 2. The molecule has 4 heteroatoms. The van der Waals surface area contributed by atoms with Crippen molar-refractivity contribution in [3.8, 4) is 0 Å². The van der Waals surface area contributed by atoms with Crippen LogP contribution in [0.2, 0.25) is 0 Å². The lowest BCUT2D eigenvalue weighted by Gasteiger charge is -2.33. The molecule has 0 bridgehead atoms. The molecule has 102 valence electrons. The van der Waals surface area contributed by atoms with E-state index in [1.807, 2.05) is 30.3 Å². The molecule has 0 radical (unpaired) electrons. The molecule has 1 aromatic rings. The summed E-state index contributed by atoms with van der Waals surface area (Å²) in [6, 6.07) is 9.90. The summed E-state index contributed by atoms with van der Waals surface area (Å²) in [6.07, 6.45) is 1.14. The Bertz CT molecular complexity index is 456. The van der Waals surface area contributed by atoms with Gasteiger partial charge in [-0.3, -0.25) is 9.59 Å². The molecule has 0 aromatic heterocycles. The van der Waals surface area contributed by atoms with Crippen LogP contribution in [-0.2, 0) is 16.1 Å². The predicted molar refractivity (Wildman–Crippen MR) is 73.3 cm³/mol. The van der Waals surface area contributed by atoms with Crippen molar-refractivity contribution in [1.82, 2.24) is 9.80 Å². The molecule has 2 amide bonds. The number of amides is 2. The van der Waals surface area contributed by atoms with E-state index in [1.165, 1.54) is 0 Å². The van der Waals surface area contributed by atoms with Crippen molar-refractivity contribution >= 4 is 11.8 Å². The van der Waals surface area contributed by atoms with Crippen LogP contribution in [0.5, 0.6) is 0 Å². The van der Waals surface area contributed by atoms with Gasteiger partial charge < -0.3 is 9.80 Å². The molecule has 2 rings (SSSR count). The summed E-state index contributed by atoms with van der Waals surface area (Å²) in [6.45, 7) is 1.13. The molecule has 1 saturated heterocycles. The largest absolute Gasteiger partial charge is 0.349 e. The Kier molecular flexibility index (Phi) is 4.20. The maximum atomic E-state index is 12.0. The SMILES string of the molecule is CN(C)C(=O)C1CCC(=O)N(Cc2ccccc2)C1. The summed E-state index contributed by atoms with van der Waals surface area (Å²) in [5.41, 5.74) is 1.11. The Morgan fingerprint density at radius 1 is 1.32 bits per heavy atom. The number of piperidine rings is 1. The van der Waals surface area contributed by atoms with E-state index in [2.05, 4.69) is 0 Å². The van der Waals surface area contributed by atoms with Gasteiger partial charge in [-0.25, -0.2) is 0 Å². The quantitative estimate of drug-likeness (QED) is 0.826. The molecule has 1 fully saturated rings. The number of rotatable bonds is 3. The van der Waals surface area contributed by atoms with Crippen molar-refractivity contribution < 1.29 is 9.59 Å². The van der Waals surface area contributed by atoms with Crippen LogP contribution in [0.3, 0.4) is 0 Å². The van der Waals surface area contributed by atoms with Gasteiger partial charge in [0.05, 0.1) is 5.92 Å². The standard InChI is InChI=1S/C15H20N2O2/c1-16(2)15(19)13-8-9-14(18)17(11-13)10-12-6-4-3-5-7-12/h3-7,13H,8-11H2,1-2H3. The van der Waals surface area contributed by atoms with Gasteiger partial charge >= 0.3 is 0 Å². The molecular formula is C15H20N2O2. The Morgan fingerprint density at radius 2 is 2.00 bits per heavy atom. The average molecular weight is 260 g/mol.